The molecule has 2 heterocycles. The molecule has 3 heteroatoms. The van der Waals surface area contributed by atoms with Crippen LogP contribution in [0.5, 0.6) is 0 Å². The van der Waals surface area contributed by atoms with Crippen LogP contribution in [-0.2, 0) is 21.7 Å². The molecule has 0 radical (unpaired) electrons. The van der Waals surface area contributed by atoms with Gasteiger partial charge >= 0.3 is 0 Å². The Morgan fingerprint density at radius 2 is 0.845 bits per heavy atom. The first-order valence-electron chi connectivity index (χ1n) is 25.8. The number of benzene rings is 10. The van der Waals surface area contributed by atoms with Gasteiger partial charge in [0.15, 0.2) is 0 Å². The van der Waals surface area contributed by atoms with Crippen LogP contribution in [0.3, 0.4) is 0 Å². The van der Waals surface area contributed by atoms with E-state index in [2.05, 4.69) is 269 Å². The van der Waals surface area contributed by atoms with E-state index in [1.165, 1.54) is 127 Å². The molecule has 0 spiro atoms. The van der Waals surface area contributed by atoms with Gasteiger partial charge in [0.1, 0.15) is 0 Å². The van der Waals surface area contributed by atoms with Gasteiger partial charge in [-0.25, -0.2) is 0 Å². The van der Waals surface area contributed by atoms with E-state index in [1.807, 2.05) is 0 Å². The Balaban J connectivity index is 1.21. The van der Waals surface area contributed by atoms with Crippen molar-refractivity contribution in [3.63, 3.8) is 0 Å². The van der Waals surface area contributed by atoms with Gasteiger partial charge < -0.3 is 9.80 Å². The Kier molecular flexibility index (Phi) is 9.97. The third-order valence-corrected chi connectivity index (χ3v) is 15.8. The fourth-order valence-corrected chi connectivity index (χ4v) is 11.7. The lowest BCUT2D eigenvalue weighted by atomic mass is 9.33. The summed E-state index contributed by atoms with van der Waals surface area (Å²) in [6, 6.07) is 68.2. The van der Waals surface area contributed by atoms with E-state index in [0.717, 1.165) is 0 Å². The number of nitrogens with zero attached hydrogens (tertiary/aromatic N) is 2. The van der Waals surface area contributed by atoms with Crippen molar-refractivity contribution >= 4 is 89.5 Å². The van der Waals surface area contributed by atoms with Gasteiger partial charge in [-0.2, -0.15) is 0 Å². The Labute approximate surface area is 422 Å². The smallest absolute Gasteiger partial charge is 0.252 e. The quantitative estimate of drug-likeness (QED) is 0.128. The summed E-state index contributed by atoms with van der Waals surface area (Å²) in [6.07, 6.45) is 0. The Bertz CT molecular complexity index is 3720. The number of hydrogen-bond acceptors (Lipinski definition) is 2. The van der Waals surface area contributed by atoms with Crippen molar-refractivity contribution in [3.05, 3.63) is 198 Å². The van der Waals surface area contributed by atoms with Gasteiger partial charge in [-0.05, 0) is 158 Å². The summed E-state index contributed by atoms with van der Waals surface area (Å²) in [5, 5.41) is 7.81. The lowest BCUT2D eigenvalue weighted by Crippen LogP contribution is -2.61. The second-order valence-electron chi connectivity index (χ2n) is 24.7. The Morgan fingerprint density at radius 1 is 0.324 bits per heavy atom. The average Bonchev–Trinajstić information content (AvgIpc) is 3.34. The molecule has 10 aromatic carbocycles. The predicted molar refractivity (Wildman–Crippen MR) is 310 cm³/mol. The van der Waals surface area contributed by atoms with Crippen LogP contribution in [-0.4, -0.2) is 6.71 Å². The minimum Gasteiger partial charge on any atom is -0.311 e. The molecule has 2 aliphatic rings. The molecule has 0 N–H and O–H groups in total. The zero-order chi connectivity index (χ0) is 49.5. The molecule has 0 bridgehead atoms. The van der Waals surface area contributed by atoms with Crippen molar-refractivity contribution < 1.29 is 0 Å². The molecule has 10 aromatic rings. The topological polar surface area (TPSA) is 6.48 Å². The van der Waals surface area contributed by atoms with Crippen LogP contribution in [0, 0.1) is 0 Å². The van der Waals surface area contributed by atoms with Crippen molar-refractivity contribution in [2.75, 3.05) is 9.80 Å². The fourth-order valence-electron chi connectivity index (χ4n) is 11.7. The molecule has 71 heavy (non-hydrogen) atoms. The molecule has 0 saturated carbocycles. The van der Waals surface area contributed by atoms with Crippen molar-refractivity contribution in [2.45, 2.75) is 105 Å². The maximum Gasteiger partial charge on any atom is 0.252 e. The van der Waals surface area contributed by atoms with E-state index in [1.54, 1.807) is 0 Å². The summed E-state index contributed by atoms with van der Waals surface area (Å²) < 4.78 is 0. The fraction of sp³-hybridized carbons (Fsp3) is 0.235. The summed E-state index contributed by atoms with van der Waals surface area (Å²) in [6.45, 7) is 28.1. The first kappa shape index (κ1) is 45.1. The second-order valence-corrected chi connectivity index (χ2v) is 24.7. The average molecular weight is 921 g/mol. The maximum atomic E-state index is 2.67. The lowest BCUT2D eigenvalue weighted by molar-refractivity contribution is 0.589. The SMILES string of the molecule is CC(C)(C)c1ccc(N2c3ccc(-c4ccccc4)cc3B3c4cc(C(C)(C)C)ccc4N(c4ccc(C(C)(C)C)cc4-c4ccc5ccc6cccc7ccc4c5c67)c4cc(C(C)(C)C)cc2c43)cc1. The summed E-state index contributed by atoms with van der Waals surface area (Å²) in [4.78, 5) is 5.25. The van der Waals surface area contributed by atoms with Gasteiger partial charge in [0.25, 0.3) is 6.71 Å². The van der Waals surface area contributed by atoms with Crippen LogP contribution in [0.4, 0.5) is 34.1 Å². The summed E-state index contributed by atoms with van der Waals surface area (Å²) >= 11 is 0. The van der Waals surface area contributed by atoms with Gasteiger partial charge in [-0.3, -0.25) is 0 Å². The van der Waals surface area contributed by atoms with E-state index >= 15 is 0 Å². The summed E-state index contributed by atoms with van der Waals surface area (Å²) in [7, 11) is 0. The van der Waals surface area contributed by atoms with Crippen molar-refractivity contribution in [3.8, 4) is 22.3 Å². The zero-order valence-electron chi connectivity index (χ0n) is 43.7. The van der Waals surface area contributed by atoms with Crippen LogP contribution in [0.25, 0.3) is 54.6 Å². The van der Waals surface area contributed by atoms with Crippen molar-refractivity contribution in [1.29, 1.82) is 0 Å². The van der Waals surface area contributed by atoms with Crippen LogP contribution >= 0.6 is 0 Å². The van der Waals surface area contributed by atoms with Crippen LogP contribution in [0.1, 0.15) is 105 Å². The lowest BCUT2D eigenvalue weighted by Gasteiger charge is -2.46. The number of fused-ring (bicyclic) bond motifs is 4. The van der Waals surface area contributed by atoms with Crippen molar-refractivity contribution in [2.24, 2.45) is 0 Å². The van der Waals surface area contributed by atoms with E-state index in [9.17, 15) is 0 Å². The molecule has 0 amide bonds. The molecular formula is C68H65BN2. The second kappa shape index (κ2) is 15.7. The maximum absolute atomic E-state index is 2.67. The molecule has 2 aliphatic heterocycles. The third kappa shape index (κ3) is 7.29. The normalized spacial score (nSPS) is 13.8. The van der Waals surface area contributed by atoms with Crippen LogP contribution in [0.15, 0.2) is 176 Å². The first-order valence-corrected chi connectivity index (χ1v) is 25.8. The Hall–Kier alpha value is -7.10. The van der Waals surface area contributed by atoms with Gasteiger partial charge in [0.05, 0.1) is 5.69 Å². The largest absolute Gasteiger partial charge is 0.311 e. The molecule has 0 saturated heterocycles. The molecule has 12 rings (SSSR count). The molecule has 0 unspecified atom stereocenters. The summed E-state index contributed by atoms with van der Waals surface area (Å²) in [5.74, 6) is 0. The molecule has 0 aliphatic carbocycles. The minimum atomic E-state index is -0.146. The third-order valence-electron chi connectivity index (χ3n) is 15.8. The standard InChI is InChI=1S/C68H65BN2/c1-65(2,3)47-26-30-51(31-27-47)70-58-34-25-46(42-17-14-13-15-18-42)37-55(58)69-56-39-49(67(7,8)9)29-36-59(56)71(61-41-50(68(10,11)12)40-60(70)64(61)69)57-35-28-48(66(4,5)6)38-54(57)52-32-23-45-22-21-43-19-16-20-44-24-33-53(52)63(45)62(43)44/h13-41H,1-12H3. The van der Waals surface area contributed by atoms with E-state index < -0.39 is 0 Å². The molecule has 350 valence electrons. The monoisotopic (exact) mass is 921 g/mol. The summed E-state index contributed by atoms with van der Waals surface area (Å²) in [5.41, 5.74) is 21.3. The molecule has 0 aromatic heterocycles. The zero-order valence-corrected chi connectivity index (χ0v) is 43.7. The highest BCUT2D eigenvalue weighted by atomic mass is 15.2. The highest BCUT2D eigenvalue weighted by Gasteiger charge is 2.45. The number of rotatable bonds is 4. The highest BCUT2D eigenvalue weighted by molar-refractivity contribution is 7.00. The van der Waals surface area contributed by atoms with Crippen LogP contribution in [0.2, 0.25) is 0 Å². The van der Waals surface area contributed by atoms with E-state index in [4.69, 9.17) is 0 Å². The number of anilines is 6. The predicted octanol–water partition coefficient (Wildman–Crippen LogP) is 17.2. The Morgan fingerprint density at radius 3 is 1.49 bits per heavy atom. The van der Waals surface area contributed by atoms with E-state index in [-0.39, 0.29) is 28.4 Å². The molecular weight excluding hydrogens is 856 g/mol. The van der Waals surface area contributed by atoms with Gasteiger partial charge in [-0.15, -0.1) is 0 Å². The van der Waals surface area contributed by atoms with Gasteiger partial charge in [0, 0.05) is 34.0 Å². The highest BCUT2D eigenvalue weighted by Crippen LogP contribution is 2.51. The van der Waals surface area contributed by atoms with Gasteiger partial charge in [0.2, 0.25) is 0 Å². The van der Waals surface area contributed by atoms with Gasteiger partial charge in [-0.1, -0.05) is 210 Å². The van der Waals surface area contributed by atoms with E-state index in [0.29, 0.717) is 0 Å². The number of hydrogen-bond donors (Lipinski definition) is 0. The molecule has 2 nitrogen and oxygen atoms in total. The minimum absolute atomic E-state index is 0.0295. The van der Waals surface area contributed by atoms with Crippen molar-refractivity contribution in [1.82, 2.24) is 0 Å². The van der Waals surface area contributed by atoms with Crippen LogP contribution < -0.4 is 26.2 Å². The first-order chi connectivity index (χ1) is 33.7. The molecule has 0 atom stereocenters. The molecule has 0 fully saturated rings.